The van der Waals surface area contributed by atoms with Crippen LogP contribution in [0.1, 0.15) is 53.2 Å². The molecule has 6 unspecified atom stereocenters. The lowest BCUT2D eigenvalue weighted by atomic mass is 9.94. The summed E-state index contributed by atoms with van der Waals surface area (Å²) in [6, 6.07) is -3.84. The fraction of sp³-hybridized carbons (Fsp3) is 0.667. The van der Waals surface area contributed by atoms with Crippen LogP contribution in [-0.2, 0) is 25.6 Å². The molecule has 1 rings (SSSR count). The van der Waals surface area contributed by atoms with Crippen LogP contribution < -0.4 is 21.7 Å². The number of rotatable bonds is 13. The number of carboxylic acids is 1. The molecule has 0 aliphatic carbocycles. The molecule has 1 heterocycles. The number of nitrogens with zero attached hydrogens (tertiary/aromatic N) is 1. The van der Waals surface area contributed by atoms with Crippen LogP contribution in [0.5, 0.6) is 0 Å². The third-order valence-corrected chi connectivity index (χ3v) is 5.59. The van der Waals surface area contributed by atoms with Gasteiger partial charge in [0.25, 0.3) is 0 Å². The minimum atomic E-state index is -1.20. The molecule has 0 radical (unpaired) electrons. The Hall–Kier alpha value is -2.95. The number of carboxylic acid groups (broad SMARTS) is 1. The number of aliphatic carboxylic acids is 1. The van der Waals surface area contributed by atoms with E-state index in [0.29, 0.717) is 18.5 Å². The molecule has 0 aliphatic heterocycles. The lowest BCUT2D eigenvalue weighted by molar-refractivity contribution is -0.142. The Balaban J connectivity index is 3.01. The number of hydrogen-bond donors (Lipinski definition) is 6. The molecule has 1 aromatic heterocycles. The number of nitrogens with two attached hydrogens (primary N) is 1. The lowest BCUT2D eigenvalue weighted by Crippen LogP contribution is -2.60. The molecule has 0 spiro atoms. The smallest absolute Gasteiger partial charge is 0.326 e. The van der Waals surface area contributed by atoms with Crippen molar-refractivity contribution in [2.45, 2.75) is 78.0 Å². The maximum atomic E-state index is 13.0. The van der Waals surface area contributed by atoms with Crippen LogP contribution >= 0.6 is 0 Å². The van der Waals surface area contributed by atoms with Gasteiger partial charge < -0.3 is 31.8 Å². The van der Waals surface area contributed by atoms with E-state index in [1.165, 1.54) is 19.4 Å². The van der Waals surface area contributed by atoms with Gasteiger partial charge in [-0.1, -0.05) is 40.5 Å². The average molecular weight is 453 g/mol. The molecule has 6 atom stereocenters. The minimum Gasteiger partial charge on any atom is -0.480 e. The number of carbonyl (C=O) groups is 4. The Morgan fingerprint density at radius 1 is 0.969 bits per heavy atom. The molecular weight excluding hydrogens is 416 g/mol. The van der Waals surface area contributed by atoms with Gasteiger partial charge in [0.05, 0.1) is 12.4 Å². The number of aromatic nitrogens is 2. The molecule has 0 aliphatic rings. The van der Waals surface area contributed by atoms with Crippen LogP contribution in [0.15, 0.2) is 12.5 Å². The Bertz CT molecular complexity index is 767. The summed E-state index contributed by atoms with van der Waals surface area (Å²) in [5, 5.41) is 17.4. The number of amides is 3. The van der Waals surface area contributed by atoms with Crippen molar-refractivity contribution in [2.75, 3.05) is 0 Å². The maximum Gasteiger partial charge on any atom is 0.326 e. The summed E-state index contributed by atoms with van der Waals surface area (Å²) in [6.45, 7) is 8.86. The van der Waals surface area contributed by atoms with Crippen LogP contribution in [0.25, 0.3) is 0 Å². The first-order chi connectivity index (χ1) is 15.0. The summed E-state index contributed by atoms with van der Waals surface area (Å²) in [5.74, 6) is -3.28. The van der Waals surface area contributed by atoms with Crippen molar-refractivity contribution in [1.82, 2.24) is 25.9 Å². The van der Waals surface area contributed by atoms with Gasteiger partial charge in [0.1, 0.15) is 18.1 Å². The molecule has 7 N–H and O–H groups in total. The SMILES string of the molecule is CCC(C)C(NC(=O)C(C)N)C(=O)NC(C(=O)NC(Cc1cnc[nH]1)C(=O)O)C(C)CC. The van der Waals surface area contributed by atoms with Crippen LogP contribution in [0.2, 0.25) is 0 Å². The van der Waals surface area contributed by atoms with Crippen molar-refractivity contribution in [3.05, 3.63) is 18.2 Å². The van der Waals surface area contributed by atoms with E-state index in [4.69, 9.17) is 5.73 Å². The summed E-state index contributed by atoms with van der Waals surface area (Å²) in [4.78, 5) is 56.4. The molecule has 32 heavy (non-hydrogen) atoms. The quantitative estimate of drug-likeness (QED) is 0.242. The second-order valence-electron chi connectivity index (χ2n) is 8.21. The molecule has 0 fully saturated rings. The number of aromatic amines is 1. The monoisotopic (exact) mass is 452 g/mol. The Kier molecular flexibility index (Phi) is 10.8. The van der Waals surface area contributed by atoms with Gasteiger partial charge in [-0.05, 0) is 18.8 Å². The van der Waals surface area contributed by atoms with Gasteiger partial charge in [-0.15, -0.1) is 0 Å². The third kappa shape index (κ3) is 7.95. The number of carbonyl (C=O) groups excluding carboxylic acids is 3. The van der Waals surface area contributed by atoms with Gasteiger partial charge in [-0.3, -0.25) is 14.4 Å². The maximum absolute atomic E-state index is 13.0. The molecular formula is C21H36N6O5. The van der Waals surface area contributed by atoms with E-state index in [0.717, 1.165) is 0 Å². The van der Waals surface area contributed by atoms with Gasteiger partial charge in [0.2, 0.25) is 17.7 Å². The van der Waals surface area contributed by atoms with Crippen LogP contribution in [0, 0.1) is 11.8 Å². The summed E-state index contributed by atoms with van der Waals surface area (Å²) >= 11 is 0. The second kappa shape index (κ2) is 12.8. The molecule has 1 aromatic rings. The first-order valence-electron chi connectivity index (χ1n) is 10.9. The fourth-order valence-corrected chi connectivity index (χ4v) is 3.01. The molecule has 0 aromatic carbocycles. The Morgan fingerprint density at radius 2 is 1.47 bits per heavy atom. The van der Waals surface area contributed by atoms with Gasteiger partial charge in [0.15, 0.2) is 0 Å². The number of H-pyrrole nitrogens is 1. The summed E-state index contributed by atoms with van der Waals surface area (Å²) in [5.41, 5.74) is 6.17. The zero-order valence-electron chi connectivity index (χ0n) is 19.3. The van der Waals surface area contributed by atoms with Gasteiger partial charge in [-0.2, -0.15) is 0 Å². The van der Waals surface area contributed by atoms with E-state index in [1.807, 2.05) is 20.8 Å². The van der Waals surface area contributed by atoms with Crippen molar-refractivity contribution in [1.29, 1.82) is 0 Å². The topological polar surface area (TPSA) is 179 Å². The zero-order chi connectivity index (χ0) is 24.4. The highest BCUT2D eigenvalue weighted by atomic mass is 16.4. The molecule has 11 nitrogen and oxygen atoms in total. The predicted molar refractivity (Wildman–Crippen MR) is 118 cm³/mol. The average Bonchev–Trinajstić information content (AvgIpc) is 3.26. The molecule has 0 saturated heterocycles. The van der Waals surface area contributed by atoms with Crippen LogP contribution in [-0.4, -0.2) is 62.9 Å². The van der Waals surface area contributed by atoms with E-state index in [2.05, 4.69) is 25.9 Å². The number of hydrogen-bond acceptors (Lipinski definition) is 6. The highest BCUT2D eigenvalue weighted by Crippen LogP contribution is 2.13. The van der Waals surface area contributed by atoms with E-state index >= 15 is 0 Å². The minimum absolute atomic E-state index is 0.0161. The zero-order valence-corrected chi connectivity index (χ0v) is 19.3. The highest BCUT2D eigenvalue weighted by Gasteiger charge is 2.34. The first-order valence-corrected chi connectivity index (χ1v) is 10.9. The standard InChI is InChI=1S/C21H36N6O5/c1-6-11(3)16(19(29)25-15(21(31)32)8-14-9-23-10-24-14)27-20(30)17(12(4)7-2)26-18(28)13(5)22/h9-13,15-17H,6-8,22H2,1-5H3,(H,23,24)(H,25,29)(H,26,28)(H,27,30)(H,31,32). The number of nitrogens with one attached hydrogen (secondary N) is 4. The van der Waals surface area contributed by atoms with E-state index in [9.17, 15) is 24.3 Å². The van der Waals surface area contributed by atoms with Crippen molar-refractivity contribution in [2.24, 2.45) is 17.6 Å². The molecule has 3 amide bonds. The summed E-state index contributed by atoms with van der Waals surface area (Å²) < 4.78 is 0. The van der Waals surface area contributed by atoms with E-state index < -0.39 is 47.9 Å². The normalized spacial score (nSPS) is 16.7. The lowest BCUT2D eigenvalue weighted by Gasteiger charge is -2.29. The van der Waals surface area contributed by atoms with E-state index in [1.54, 1.807) is 6.92 Å². The molecule has 180 valence electrons. The van der Waals surface area contributed by atoms with Crippen molar-refractivity contribution in [3.63, 3.8) is 0 Å². The summed E-state index contributed by atoms with van der Waals surface area (Å²) in [6.07, 6.45) is 4.10. The van der Waals surface area contributed by atoms with Crippen LogP contribution in [0.3, 0.4) is 0 Å². The predicted octanol–water partition coefficient (Wildman–Crippen LogP) is -0.0694. The Morgan fingerprint density at radius 3 is 1.88 bits per heavy atom. The van der Waals surface area contributed by atoms with Crippen molar-refractivity contribution >= 4 is 23.7 Å². The number of imidazole rings is 1. The Labute approximate surface area is 188 Å². The largest absolute Gasteiger partial charge is 0.480 e. The van der Waals surface area contributed by atoms with Gasteiger partial charge >= 0.3 is 5.97 Å². The second-order valence-corrected chi connectivity index (χ2v) is 8.21. The summed E-state index contributed by atoms with van der Waals surface area (Å²) in [7, 11) is 0. The molecule has 11 heteroatoms. The third-order valence-electron chi connectivity index (χ3n) is 5.59. The first kappa shape index (κ1) is 27.1. The molecule has 0 bridgehead atoms. The fourth-order valence-electron chi connectivity index (χ4n) is 3.01. The highest BCUT2D eigenvalue weighted by molar-refractivity contribution is 5.94. The van der Waals surface area contributed by atoms with Gasteiger partial charge in [0, 0.05) is 18.3 Å². The molecule has 0 saturated carbocycles. The van der Waals surface area contributed by atoms with Crippen LogP contribution in [0.4, 0.5) is 0 Å². The van der Waals surface area contributed by atoms with E-state index in [-0.39, 0.29) is 18.3 Å². The van der Waals surface area contributed by atoms with Crippen molar-refractivity contribution in [3.8, 4) is 0 Å². The van der Waals surface area contributed by atoms with Gasteiger partial charge in [-0.25, -0.2) is 9.78 Å². The van der Waals surface area contributed by atoms with Crippen molar-refractivity contribution < 1.29 is 24.3 Å².